The summed E-state index contributed by atoms with van der Waals surface area (Å²) in [4.78, 5) is 23.6. The molecule has 0 fully saturated rings. The van der Waals surface area contributed by atoms with E-state index in [2.05, 4.69) is 21.9 Å². The lowest BCUT2D eigenvalue weighted by Crippen LogP contribution is -2.27. The number of carbonyl (C=O) groups is 1. The first-order valence-corrected chi connectivity index (χ1v) is 10.6. The van der Waals surface area contributed by atoms with E-state index < -0.39 is 0 Å². The maximum absolute atomic E-state index is 12.1. The van der Waals surface area contributed by atoms with Crippen molar-refractivity contribution in [1.82, 2.24) is 24.6 Å². The summed E-state index contributed by atoms with van der Waals surface area (Å²) in [5, 5.41) is 8.45. The molecule has 8 nitrogen and oxygen atoms in total. The van der Waals surface area contributed by atoms with Crippen LogP contribution in [0.25, 0.3) is 21.8 Å². The first kappa shape index (κ1) is 19.4. The molecule has 1 aliphatic carbocycles. The number of nitrogen functional groups attached to an aromatic ring is 1. The van der Waals surface area contributed by atoms with Crippen molar-refractivity contribution in [3.63, 3.8) is 0 Å². The fraction of sp³-hybridized carbons (Fsp3) is 0.400. The Morgan fingerprint density at radius 1 is 1.34 bits per heavy atom. The van der Waals surface area contributed by atoms with E-state index in [0.29, 0.717) is 10.9 Å². The number of pyridine rings is 1. The quantitative estimate of drug-likeness (QED) is 0.682. The number of aromatic nitrogens is 4. The number of carbonyl (C=O) groups excluding carboxylic acids is 1. The van der Waals surface area contributed by atoms with Crippen molar-refractivity contribution in [2.45, 2.75) is 39.2 Å². The number of thiazole rings is 1. The van der Waals surface area contributed by atoms with Crippen LogP contribution in [0.4, 0.5) is 15.7 Å². The number of rotatable bonds is 4. The molecule has 0 unspecified atom stereocenters. The number of nitrogens with one attached hydrogen (secondary N) is 1. The van der Waals surface area contributed by atoms with E-state index in [1.807, 2.05) is 12.1 Å². The van der Waals surface area contributed by atoms with Gasteiger partial charge in [-0.2, -0.15) is 5.10 Å². The van der Waals surface area contributed by atoms with Gasteiger partial charge in [-0.15, -0.1) is 0 Å². The molecule has 3 heterocycles. The molecule has 0 saturated heterocycles. The first-order chi connectivity index (χ1) is 14.0. The molecule has 1 aliphatic rings. The molecule has 29 heavy (non-hydrogen) atoms. The molecule has 2 amide bonds. The van der Waals surface area contributed by atoms with Crippen LogP contribution in [0.3, 0.4) is 0 Å². The molecule has 0 aromatic carbocycles. The molecule has 4 rings (SSSR count). The lowest BCUT2D eigenvalue weighted by atomic mass is 10.0. The second kappa shape index (κ2) is 7.82. The molecule has 0 aliphatic heterocycles. The minimum Gasteiger partial charge on any atom is -0.384 e. The summed E-state index contributed by atoms with van der Waals surface area (Å²) in [6.07, 6.45) is 5.56. The largest absolute Gasteiger partial charge is 0.384 e. The molecule has 0 bridgehead atoms. The molecular formula is C20H25N7OS. The average Bonchev–Trinajstić information content (AvgIpc) is 3.19. The van der Waals surface area contributed by atoms with E-state index in [9.17, 15) is 4.79 Å². The van der Waals surface area contributed by atoms with Crippen LogP contribution < -0.4 is 11.1 Å². The Balaban J connectivity index is 1.83. The molecule has 3 aromatic heterocycles. The summed E-state index contributed by atoms with van der Waals surface area (Å²) in [5.41, 5.74) is 11.1. The van der Waals surface area contributed by atoms with Crippen LogP contribution in [0.15, 0.2) is 18.3 Å². The molecule has 0 saturated carbocycles. The minimum atomic E-state index is -0.176. The number of nitrogens with two attached hydrogens (primary N) is 1. The normalized spacial score (nSPS) is 12.8. The smallest absolute Gasteiger partial charge is 0.323 e. The third-order valence-electron chi connectivity index (χ3n) is 4.92. The van der Waals surface area contributed by atoms with Crippen LogP contribution in [-0.4, -0.2) is 44.8 Å². The van der Waals surface area contributed by atoms with Gasteiger partial charge in [-0.3, -0.25) is 10.00 Å². The highest BCUT2D eigenvalue weighted by Gasteiger charge is 2.27. The van der Waals surface area contributed by atoms with Gasteiger partial charge in [0.05, 0.1) is 22.0 Å². The second-order valence-electron chi connectivity index (χ2n) is 7.34. The van der Waals surface area contributed by atoms with Gasteiger partial charge in [-0.1, -0.05) is 18.3 Å². The SMILES string of the molecule is CCCn1nc(-c2ccc(N)nc2)c2c1-c1sc(NC(=O)N(C)C)nc1CCC2. The van der Waals surface area contributed by atoms with Crippen molar-refractivity contribution in [3.8, 4) is 21.8 Å². The number of amides is 2. The summed E-state index contributed by atoms with van der Waals surface area (Å²) in [6, 6.07) is 3.61. The number of urea groups is 1. The zero-order chi connectivity index (χ0) is 20.5. The molecule has 3 N–H and O–H groups in total. The lowest BCUT2D eigenvalue weighted by Gasteiger charge is -2.09. The summed E-state index contributed by atoms with van der Waals surface area (Å²) >= 11 is 1.52. The zero-order valence-electron chi connectivity index (χ0n) is 16.9. The highest BCUT2D eigenvalue weighted by atomic mass is 32.1. The Morgan fingerprint density at radius 2 is 2.17 bits per heavy atom. The number of anilines is 2. The highest BCUT2D eigenvalue weighted by molar-refractivity contribution is 7.19. The highest BCUT2D eigenvalue weighted by Crippen LogP contribution is 2.42. The fourth-order valence-electron chi connectivity index (χ4n) is 3.54. The number of aryl methyl sites for hydroxylation is 2. The van der Waals surface area contributed by atoms with E-state index in [0.717, 1.165) is 59.8 Å². The predicted octanol–water partition coefficient (Wildman–Crippen LogP) is 3.64. The lowest BCUT2D eigenvalue weighted by molar-refractivity contribution is 0.230. The first-order valence-electron chi connectivity index (χ1n) is 9.78. The standard InChI is InChI=1S/C20H25N7OS/c1-4-10-27-17-13(16(25-27)12-8-9-15(21)22-11-12)6-5-7-14-18(17)29-19(23-14)24-20(28)26(2)3/h8-9,11H,4-7,10H2,1-3H3,(H2,21,22)(H,23,24,28). The van der Waals surface area contributed by atoms with Crippen LogP contribution in [0.2, 0.25) is 0 Å². The molecule has 152 valence electrons. The van der Waals surface area contributed by atoms with Crippen LogP contribution in [-0.2, 0) is 19.4 Å². The maximum Gasteiger partial charge on any atom is 0.323 e. The monoisotopic (exact) mass is 411 g/mol. The van der Waals surface area contributed by atoms with Gasteiger partial charge < -0.3 is 10.6 Å². The van der Waals surface area contributed by atoms with Crippen molar-refractivity contribution in [2.75, 3.05) is 25.1 Å². The number of fused-ring (bicyclic) bond motifs is 3. The molecule has 0 radical (unpaired) electrons. The van der Waals surface area contributed by atoms with Crippen molar-refractivity contribution in [3.05, 3.63) is 29.6 Å². The Labute approximate surface area is 173 Å². The van der Waals surface area contributed by atoms with Gasteiger partial charge >= 0.3 is 6.03 Å². The Hall–Kier alpha value is -2.94. The third kappa shape index (κ3) is 3.69. The Bertz CT molecular complexity index is 1040. The van der Waals surface area contributed by atoms with E-state index in [4.69, 9.17) is 15.8 Å². The van der Waals surface area contributed by atoms with Gasteiger partial charge in [0.25, 0.3) is 0 Å². The summed E-state index contributed by atoms with van der Waals surface area (Å²) < 4.78 is 2.08. The fourth-order valence-corrected chi connectivity index (χ4v) is 4.61. The van der Waals surface area contributed by atoms with Gasteiger partial charge in [0.15, 0.2) is 5.13 Å². The van der Waals surface area contributed by atoms with Gasteiger partial charge in [0, 0.05) is 38.0 Å². The summed E-state index contributed by atoms with van der Waals surface area (Å²) in [6.45, 7) is 2.97. The van der Waals surface area contributed by atoms with Gasteiger partial charge in [0.1, 0.15) is 5.82 Å². The molecule has 3 aromatic rings. The van der Waals surface area contributed by atoms with E-state index in [1.165, 1.54) is 21.8 Å². The van der Waals surface area contributed by atoms with E-state index >= 15 is 0 Å². The third-order valence-corrected chi connectivity index (χ3v) is 5.94. The van der Waals surface area contributed by atoms with Crippen molar-refractivity contribution >= 4 is 28.3 Å². The minimum absolute atomic E-state index is 0.176. The zero-order valence-corrected chi connectivity index (χ0v) is 17.7. The number of hydrogen-bond donors (Lipinski definition) is 2. The second-order valence-corrected chi connectivity index (χ2v) is 8.34. The Kier molecular flexibility index (Phi) is 5.23. The van der Waals surface area contributed by atoms with Crippen LogP contribution >= 0.6 is 11.3 Å². The number of nitrogens with zero attached hydrogens (tertiary/aromatic N) is 5. The van der Waals surface area contributed by atoms with Crippen LogP contribution in [0.5, 0.6) is 0 Å². The maximum atomic E-state index is 12.1. The van der Waals surface area contributed by atoms with Crippen LogP contribution in [0.1, 0.15) is 31.0 Å². The predicted molar refractivity (Wildman–Crippen MR) is 116 cm³/mol. The topological polar surface area (TPSA) is 102 Å². The van der Waals surface area contributed by atoms with Gasteiger partial charge in [0.2, 0.25) is 0 Å². The van der Waals surface area contributed by atoms with E-state index in [1.54, 1.807) is 20.3 Å². The molecule has 0 spiro atoms. The number of hydrogen-bond acceptors (Lipinski definition) is 6. The molecular weight excluding hydrogens is 386 g/mol. The van der Waals surface area contributed by atoms with Crippen LogP contribution in [0, 0.1) is 0 Å². The molecule has 9 heteroatoms. The average molecular weight is 412 g/mol. The van der Waals surface area contributed by atoms with Crippen molar-refractivity contribution in [1.29, 1.82) is 0 Å². The summed E-state index contributed by atoms with van der Waals surface area (Å²) in [5.74, 6) is 0.499. The molecule has 0 atom stereocenters. The van der Waals surface area contributed by atoms with E-state index in [-0.39, 0.29) is 6.03 Å². The van der Waals surface area contributed by atoms with Gasteiger partial charge in [-0.05, 0) is 37.8 Å². The summed E-state index contributed by atoms with van der Waals surface area (Å²) in [7, 11) is 3.44. The van der Waals surface area contributed by atoms with Crippen molar-refractivity contribution in [2.24, 2.45) is 0 Å². The van der Waals surface area contributed by atoms with Gasteiger partial charge in [-0.25, -0.2) is 14.8 Å². The Morgan fingerprint density at radius 3 is 2.86 bits per heavy atom. The van der Waals surface area contributed by atoms with Crippen molar-refractivity contribution < 1.29 is 4.79 Å².